The van der Waals surface area contributed by atoms with E-state index in [1.165, 1.54) is 0 Å². The van der Waals surface area contributed by atoms with Crippen LogP contribution in [0.1, 0.15) is 39.5 Å². The molecule has 0 spiro atoms. The Bertz CT molecular complexity index is 335. The number of amides is 1. The second-order valence-electron chi connectivity index (χ2n) is 4.58. The first kappa shape index (κ1) is 10.3. The maximum atomic E-state index is 11.5. The van der Waals surface area contributed by atoms with Crippen molar-refractivity contribution in [3.63, 3.8) is 0 Å². The lowest BCUT2D eigenvalue weighted by Gasteiger charge is -2.28. The SMILES string of the molecule is CC1=CC(C)(C2CCCCC(=O)N2)N=N1. The summed E-state index contributed by atoms with van der Waals surface area (Å²) in [6, 6.07) is 0.105. The lowest BCUT2D eigenvalue weighted by molar-refractivity contribution is -0.121. The van der Waals surface area contributed by atoms with Gasteiger partial charge in [-0.3, -0.25) is 4.79 Å². The first-order valence-electron chi connectivity index (χ1n) is 5.52. The molecule has 0 aromatic heterocycles. The van der Waals surface area contributed by atoms with E-state index in [9.17, 15) is 4.79 Å². The number of hydrogen-bond donors (Lipinski definition) is 1. The van der Waals surface area contributed by atoms with Gasteiger partial charge in [-0.05, 0) is 32.8 Å². The lowest BCUT2D eigenvalue weighted by atomic mass is 9.89. The van der Waals surface area contributed by atoms with Gasteiger partial charge in [-0.25, -0.2) is 0 Å². The normalized spacial score (nSPS) is 36.0. The number of nitrogens with zero attached hydrogens (tertiary/aromatic N) is 2. The fourth-order valence-corrected chi connectivity index (χ4v) is 2.25. The highest BCUT2D eigenvalue weighted by Gasteiger charge is 2.36. The van der Waals surface area contributed by atoms with Crippen LogP contribution in [-0.2, 0) is 4.79 Å². The second-order valence-corrected chi connectivity index (χ2v) is 4.58. The molecule has 0 aromatic rings. The van der Waals surface area contributed by atoms with Gasteiger partial charge in [0.2, 0.25) is 5.91 Å². The molecule has 2 aliphatic rings. The van der Waals surface area contributed by atoms with E-state index in [0.717, 1.165) is 25.0 Å². The molecule has 2 aliphatic heterocycles. The molecule has 15 heavy (non-hydrogen) atoms. The molecule has 2 unspecified atom stereocenters. The van der Waals surface area contributed by atoms with Crippen molar-refractivity contribution in [1.82, 2.24) is 5.32 Å². The average molecular weight is 207 g/mol. The fourth-order valence-electron chi connectivity index (χ4n) is 2.25. The summed E-state index contributed by atoms with van der Waals surface area (Å²) in [5.74, 6) is 0.145. The Morgan fingerprint density at radius 2 is 2.33 bits per heavy atom. The van der Waals surface area contributed by atoms with Crippen LogP contribution in [0, 0.1) is 0 Å². The summed E-state index contributed by atoms with van der Waals surface area (Å²) in [6.07, 6.45) is 5.75. The molecule has 2 heterocycles. The Morgan fingerprint density at radius 1 is 1.53 bits per heavy atom. The van der Waals surface area contributed by atoms with Gasteiger partial charge in [-0.1, -0.05) is 6.42 Å². The molecular weight excluding hydrogens is 190 g/mol. The number of carbonyl (C=O) groups excluding carboxylic acids is 1. The highest BCUT2D eigenvalue weighted by Crippen LogP contribution is 2.30. The molecule has 1 amide bonds. The van der Waals surface area contributed by atoms with E-state index in [4.69, 9.17) is 0 Å². The highest BCUT2D eigenvalue weighted by atomic mass is 16.1. The third-order valence-electron chi connectivity index (χ3n) is 3.11. The Kier molecular flexibility index (Phi) is 2.59. The van der Waals surface area contributed by atoms with Crippen molar-refractivity contribution in [2.24, 2.45) is 10.2 Å². The Hall–Kier alpha value is -1.19. The summed E-state index contributed by atoms with van der Waals surface area (Å²) < 4.78 is 0. The van der Waals surface area contributed by atoms with E-state index in [0.29, 0.717) is 6.42 Å². The molecule has 0 aromatic carbocycles. The van der Waals surface area contributed by atoms with Crippen molar-refractivity contribution >= 4 is 5.91 Å². The molecule has 2 atom stereocenters. The standard InChI is InChI=1S/C11H17N3O/c1-8-7-11(2,14-13-8)9-5-3-4-6-10(15)12-9/h7,9H,3-6H2,1-2H3,(H,12,15). The van der Waals surface area contributed by atoms with Crippen molar-refractivity contribution in [2.75, 3.05) is 0 Å². The molecule has 82 valence electrons. The van der Waals surface area contributed by atoms with Gasteiger partial charge < -0.3 is 5.32 Å². The number of hydrogen-bond acceptors (Lipinski definition) is 3. The minimum Gasteiger partial charge on any atom is -0.351 e. The predicted molar refractivity (Wildman–Crippen MR) is 57.4 cm³/mol. The molecule has 0 aliphatic carbocycles. The van der Waals surface area contributed by atoms with Crippen molar-refractivity contribution < 1.29 is 4.79 Å². The summed E-state index contributed by atoms with van der Waals surface area (Å²) in [6.45, 7) is 3.97. The maximum absolute atomic E-state index is 11.5. The van der Waals surface area contributed by atoms with Crippen LogP contribution < -0.4 is 5.32 Å². The Labute approximate surface area is 89.8 Å². The third kappa shape index (κ3) is 2.08. The summed E-state index contributed by atoms with van der Waals surface area (Å²) in [7, 11) is 0. The number of carbonyl (C=O) groups is 1. The van der Waals surface area contributed by atoms with Crippen LogP contribution in [-0.4, -0.2) is 17.5 Å². The van der Waals surface area contributed by atoms with E-state index >= 15 is 0 Å². The van der Waals surface area contributed by atoms with Gasteiger partial charge in [0.05, 0.1) is 11.7 Å². The number of allylic oxidation sites excluding steroid dienone is 1. The van der Waals surface area contributed by atoms with Crippen LogP contribution in [0.2, 0.25) is 0 Å². The van der Waals surface area contributed by atoms with Crippen LogP contribution in [0.5, 0.6) is 0 Å². The first-order valence-corrected chi connectivity index (χ1v) is 5.52. The van der Waals surface area contributed by atoms with E-state index in [1.807, 2.05) is 19.9 Å². The average Bonchev–Trinajstić information content (AvgIpc) is 2.40. The van der Waals surface area contributed by atoms with Crippen LogP contribution in [0.3, 0.4) is 0 Å². The maximum Gasteiger partial charge on any atom is 0.220 e. The molecule has 2 rings (SSSR count). The van der Waals surface area contributed by atoms with Crippen LogP contribution in [0.4, 0.5) is 0 Å². The van der Waals surface area contributed by atoms with Gasteiger partial charge in [-0.2, -0.15) is 10.2 Å². The van der Waals surface area contributed by atoms with E-state index < -0.39 is 0 Å². The number of nitrogens with one attached hydrogen (secondary N) is 1. The molecule has 4 heteroatoms. The van der Waals surface area contributed by atoms with Crippen molar-refractivity contribution in [3.05, 3.63) is 11.8 Å². The summed E-state index contributed by atoms with van der Waals surface area (Å²) >= 11 is 0. The fraction of sp³-hybridized carbons (Fsp3) is 0.727. The van der Waals surface area contributed by atoms with Gasteiger partial charge in [-0.15, -0.1) is 0 Å². The lowest BCUT2D eigenvalue weighted by Crippen LogP contribution is -2.47. The molecule has 1 fully saturated rings. The Balaban J connectivity index is 2.15. The Morgan fingerprint density at radius 3 is 3.00 bits per heavy atom. The number of azo groups is 1. The molecule has 1 N–H and O–H groups in total. The van der Waals surface area contributed by atoms with Crippen LogP contribution in [0.15, 0.2) is 22.0 Å². The zero-order valence-corrected chi connectivity index (χ0v) is 9.29. The van der Waals surface area contributed by atoms with Gasteiger partial charge in [0, 0.05) is 6.42 Å². The minimum absolute atomic E-state index is 0.105. The molecule has 0 saturated carbocycles. The first-order chi connectivity index (χ1) is 7.10. The quantitative estimate of drug-likeness (QED) is 0.704. The van der Waals surface area contributed by atoms with Crippen molar-refractivity contribution in [1.29, 1.82) is 0 Å². The summed E-state index contributed by atoms with van der Waals surface area (Å²) in [5.41, 5.74) is 0.611. The highest BCUT2D eigenvalue weighted by molar-refractivity contribution is 5.76. The van der Waals surface area contributed by atoms with E-state index in [1.54, 1.807) is 0 Å². The van der Waals surface area contributed by atoms with Gasteiger partial charge in [0.25, 0.3) is 0 Å². The zero-order valence-electron chi connectivity index (χ0n) is 9.29. The van der Waals surface area contributed by atoms with Gasteiger partial charge >= 0.3 is 0 Å². The summed E-state index contributed by atoms with van der Waals surface area (Å²) in [4.78, 5) is 11.5. The molecular formula is C11H17N3O. The van der Waals surface area contributed by atoms with Crippen LogP contribution in [0.25, 0.3) is 0 Å². The zero-order chi connectivity index (χ0) is 10.9. The number of rotatable bonds is 1. The molecule has 0 radical (unpaired) electrons. The molecule has 0 bridgehead atoms. The van der Waals surface area contributed by atoms with Crippen molar-refractivity contribution in [2.45, 2.75) is 51.1 Å². The van der Waals surface area contributed by atoms with Gasteiger partial charge in [0.15, 0.2) is 0 Å². The monoisotopic (exact) mass is 207 g/mol. The largest absolute Gasteiger partial charge is 0.351 e. The van der Waals surface area contributed by atoms with E-state index in [2.05, 4.69) is 15.5 Å². The smallest absolute Gasteiger partial charge is 0.220 e. The van der Waals surface area contributed by atoms with E-state index in [-0.39, 0.29) is 17.5 Å². The molecule has 4 nitrogen and oxygen atoms in total. The molecule has 1 saturated heterocycles. The van der Waals surface area contributed by atoms with Crippen molar-refractivity contribution in [3.8, 4) is 0 Å². The predicted octanol–water partition coefficient (Wildman–Crippen LogP) is 2.17. The second kappa shape index (κ2) is 3.76. The third-order valence-corrected chi connectivity index (χ3v) is 3.11. The minimum atomic E-state index is -0.329. The topological polar surface area (TPSA) is 53.8 Å². The summed E-state index contributed by atoms with van der Waals surface area (Å²) in [5, 5.41) is 11.4. The van der Waals surface area contributed by atoms with Gasteiger partial charge in [0.1, 0.15) is 5.54 Å². The van der Waals surface area contributed by atoms with Crippen LogP contribution >= 0.6 is 0 Å².